The summed E-state index contributed by atoms with van der Waals surface area (Å²) in [7, 11) is 0. The van der Waals surface area contributed by atoms with E-state index in [1.807, 2.05) is 42.5 Å². The lowest BCUT2D eigenvalue weighted by atomic mass is 9.96. The number of carbonyl (C=O) groups is 1. The van der Waals surface area contributed by atoms with Crippen molar-refractivity contribution in [3.05, 3.63) is 90.0 Å². The fraction of sp³-hybridized carbons (Fsp3) is 0.269. The van der Waals surface area contributed by atoms with Crippen LogP contribution in [0.25, 0.3) is 0 Å². The van der Waals surface area contributed by atoms with Crippen LogP contribution in [0.4, 0.5) is 5.69 Å². The Bertz CT molecular complexity index is 971. The first-order valence-corrected chi connectivity index (χ1v) is 10.9. The van der Waals surface area contributed by atoms with Crippen LogP contribution in [0.15, 0.2) is 78.9 Å². The molecular formula is C26H28N2O4. The van der Waals surface area contributed by atoms with Crippen LogP contribution in [0.1, 0.15) is 30.0 Å². The molecule has 1 amide bonds. The van der Waals surface area contributed by atoms with E-state index in [1.54, 1.807) is 12.1 Å². The summed E-state index contributed by atoms with van der Waals surface area (Å²) in [6.45, 7) is 1.55. The van der Waals surface area contributed by atoms with Crippen LogP contribution in [-0.2, 0) is 4.79 Å². The van der Waals surface area contributed by atoms with Crippen molar-refractivity contribution in [2.45, 2.75) is 18.9 Å². The van der Waals surface area contributed by atoms with Gasteiger partial charge in [0.1, 0.15) is 0 Å². The molecule has 0 spiro atoms. The number of aliphatic hydroxyl groups is 1. The fourth-order valence-corrected chi connectivity index (χ4v) is 3.97. The molecule has 2 N–H and O–H groups in total. The summed E-state index contributed by atoms with van der Waals surface area (Å²) in [5.74, 6) is 1.25. The molecule has 0 radical (unpaired) electrons. The van der Waals surface area contributed by atoms with Gasteiger partial charge in [-0.25, -0.2) is 0 Å². The van der Waals surface area contributed by atoms with Gasteiger partial charge >= 0.3 is 0 Å². The van der Waals surface area contributed by atoms with E-state index in [4.69, 9.17) is 9.47 Å². The number of nitrogens with zero attached hydrogens (tertiary/aromatic N) is 1. The number of hydrogen-bond donors (Lipinski definition) is 2. The second-order valence-electron chi connectivity index (χ2n) is 7.70. The zero-order valence-corrected chi connectivity index (χ0v) is 17.9. The first-order chi connectivity index (χ1) is 15.7. The summed E-state index contributed by atoms with van der Waals surface area (Å²) in [5, 5.41) is 12.4. The molecule has 0 aliphatic carbocycles. The number of rotatable bonds is 10. The molecule has 0 fully saturated rings. The second kappa shape index (κ2) is 10.8. The zero-order chi connectivity index (χ0) is 22.2. The molecule has 4 rings (SSSR count). The molecule has 0 saturated carbocycles. The lowest BCUT2D eigenvalue weighted by Gasteiger charge is -2.32. The van der Waals surface area contributed by atoms with E-state index in [0.29, 0.717) is 43.1 Å². The van der Waals surface area contributed by atoms with Crippen LogP contribution < -0.4 is 14.8 Å². The number of ether oxygens (including phenoxy) is 2. The number of carbonyl (C=O) groups excluding carboxylic acids is 1. The number of aliphatic hydroxyl groups excluding tert-OH is 1. The number of amides is 1. The summed E-state index contributed by atoms with van der Waals surface area (Å²) in [4.78, 5) is 15.0. The lowest BCUT2D eigenvalue weighted by molar-refractivity contribution is -0.116. The van der Waals surface area contributed by atoms with Gasteiger partial charge in [0.05, 0.1) is 6.04 Å². The molecule has 32 heavy (non-hydrogen) atoms. The predicted octanol–water partition coefficient (Wildman–Crippen LogP) is 4.22. The van der Waals surface area contributed by atoms with Crippen molar-refractivity contribution < 1.29 is 19.4 Å². The molecule has 0 unspecified atom stereocenters. The van der Waals surface area contributed by atoms with E-state index in [2.05, 4.69) is 34.5 Å². The highest BCUT2D eigenvalue weighted by molar-refractivity contribution is 5.91. The largest absolute Gasteiger partial charge is 0.454 e. The summed E-state index contributed by atoms with van der Waals surface area (Å²) < 4.78 is 10.7. The van der Waals surface area contributed by atoms with E-state index >= 15 is 0 Å². The monoisotopic (exact) mass is 432 g/mol. The number of benzene rings is 3. The molecular weight excluding hydrogens is 404 g/mol. The van der Waals surface area contributed by atoms with Gasteiger partial charge in [-0.3, -0.25) is 9.69 Å². The van der Waals surface area contributed by atoms with E-state index in [-0.39, 0.29) is 25.3 Å². The van der Waals surface area contributed by atoms with Crippen molar-refractivity contribution in [2.75, 3.05) is 31.8 Å². The number of fused-ring (bicyclic) bond motifs is 1. The van der Waals surface area contributed by atoms with Gasteiger partial charge in [-0.15, -0.1) is 0 Å². The van der Waals surface area contributed by atoms with Gasteiger partial charge < -0.3 is 19.9 Å². The highest BCUT2D eigenvalue weighted by atomic mass is 16.7. The molecule has 3 aromatic carbocycles. The maximum absolute atomic E-state index is 12.7. The molecule has 6 nitrogen and oxygen atoms in total. The van der Waals surface area contributed by atoms with Gasteiger partial charge in [0.25, 0.3) is 0 Å². The smallest absolute Gasteiger partial charge is 0.231 e. The van der Waals surface area contributed by atoms with Gasteiger partial charge in [0.2, 0.25) is 12.7 Å². The van der Waals surface area contributed by atoms with E-state index in [9.17, 15) is 9.90 Å². The number of anilines is 1. The minimum Gasteiger partial charge on any atom is -0.454 e. The third kappa shape index (κ3) is 5.46. The van der Waals surface area contributed by atoms with Gasteiger partial charge in [-0.05, 0) is 29.7 Å². The van der Waals surface area contributed by atoms with Gasteiger partial charge in [0, 0.05) is 37.9 Å². The summed E-state index contributed by atoms with van der Waals surface area (Å²) in [5.41, 5.74) is 3.00. The normalized spacial score (nSPS) is 12.3. The van der Waals surface area contributed by atoms with E-state index in [1.165, 1.54) is 0 Å². The van der Waals surface area contributed by atoms with Gasteiger partial charge in [0.15, 0.2) is 11.5 Å². The van der Waals surface area contributed by atoms with Crippen molar-refractivity contribution in [1.82, 2.24) is 4.90 Å². The lowest BCUT2D eigenvalue weighted by Crippen LogP contribution is -2.34. The van der Waals surface area contributed by atoms with Crippen molar-refractivity contribution in [3.63, 3.8) is 0 Å². The van der Waals surface area contributed by atoms with Crippen LogP contribution in [0.2, 0.25) is 0 Å². The van der Waals surface area contributed by atoms with Gasteiger partial charge in [-0.1, -0.05) is 60.7 Å². The third-order valence-electron chi connectivity index (χ3n) is 5.48. The standard InChI is InChI=1S/C26H28N2O4/c29-17-7-15-28(26(20-8-3-1-4-9-20)21-10-5-2-6-11-21)16-14-25(30)27-22-12-13-23-24(18-22)32-19-31-23/h1-6,8-13,18,26,29H,7,14-17,19H2,(H,27,30). The molecule has 0 atom stereocenters. The molecule has 1 heterocycles. The molecule has 3 aromatic rings. The van der Waals surface area contributed by atoms with Crippen molar-refractivity contribution in [3.8, 4) is 11.5 Å². The maximum Gasteiger partial charge on any atom is 0.231 e. The fourth-order valence-electron chi connectivity index (χ4n) is 3.97. The highest BCUT2D eigenvalue weighted by Gasteiger charge is 2.23. The molecule has 166 valence electrons. The molecule has 0 bridgehead atoms. The van der Waals surface area contributed by atoms with Crippen LogP contribution in [0.3, 0.4) is 0 Å². The van der Waals surface area contributed by atoms with Crippen LogP contribution >= 0.6 is 0 Å². The Morgan fingerprint density at radius 3 is 2.22 bits per heavy atom. The topological polar surface area (TPSA) is 71.0 Å². The average molecular weight is 433 g/mol. The first-order valence-electron chi connectivity index (χ1n) is 10.9. The molecule has 0 saturated heterocycles. The van der Waals surface area contributed by atoms with Crippen molar-refractivity contribution in [2.24, 2.45) is 0 Å². The van der Waals surface area contributed by atoms with Crippen LogP contribution in [-0.4, -0.2) is 42.4 Å². The maximum atomic E-state index is 12.7. The molecule has 0 aromatic heterocycles. The van der Waals surface area contributed by atoms with Crippen molar-refractivity contribution in [1.29, 1.82) is 0 Å². The summed E-state index contributed by atoms with van der Waals surface area (Å²) in [6, 6.07) is 25.9. The average Bonchev–Trinajstić information content (AvgIpc) is 3.30. The number of nitrogens with one attached hydrogen (secondary N) is 1. The molecule has 1 aliphatic heterocycles. The van der Waals surface area contributed by atoms with Crippen LogP contribution in [0, 0.1) is 0 Å². The number of hydrogen-bond acceptors (Lipinski definition) is 5. The Morgan fingerprint density at radius 2 is 1.56 bits per heavy atom. The summed E-state index contributed by atoms with van der Waals surface area (Å²) in [6.07, 6.45) is 0.968. The Hall–Kier alpha value is -3.35. The Balaban J connectivity index is 1.48. The summed E-state index contributed by atoms with van der Waals surface area (Å²) >= 11 is 0. The van der Waals surface area contributed by atoms with E-state index < -0.39 is 0 Å². The Labute approximate surface area is 188 Å². The minimum atomic E-state index is -0.0715. The SMILES string of the molecule is O=C(CCN(CCCO)C(c1ccccc1)c1ccccc1)Nc1ccc2c(c1)OCO2. The predicted molar refractivity (Wildman–Crippen MR) is 124 cm³/mol. The first kappa shape index (κ1) is 21.9. The zero-order valence-electron chi connectivity index (χ0n) is 17.9. The highest BCUT2D eigenvalue weighted by Crippen LogP contribution is 2.34. The Kier molecular flexibility index (Phi) is 7.38. The minimum absolute atomic E-state index is 0.00212. The molecule has 6 heteroatoms. The van der Waals surface area contributed by atoms with E-state index in [0.717, 1.165) is 11.1 Å². The van der Waals surface area contributed by atoms with Gasteiger partial charge in [-0.2, -0.15) is 0 Å². The second-order valence-corrected chi connectivity index (χ2v) is 7.70. The third-order valence-corrected chi connectivity index (χ3v) is 5.48. The van der Waals surface area contributed by atoms with Crippen molar-refractivity contribution >= 4 is 11.6 Å². The quantitative estimate of drug-likeness (QED) is 0.502. The molecule has 1 aliphatic rings. The van der Waals surface area contributed by atoms with Crippen LogP contribution in [0.5, 0.6) is 11.5 Å². The Morgan fingerprint density at radius 1 is 0.906 bits per heavy atom.